The fourth-order valence-electron chi connectivity index (χ4n) is 30.9. The highest BCUT2D eigenvalue weighted by Gasteiger charge is 2.65. The minimum atomic E-state index is 0.286. The molecule has 0 N–H and O–H groups in total. The zero-order chi connectivity index (χ0) is 47.0. The monoisotopic (exact) mass is 974 g/mol. The van der Waals surface area contributed by atoms with Crippen molar-refractivity contribution in [2.24, 2.45) is 107 Å². The fraction of sp³-hybridized carbons (Fsp3) is 0.833. The van der Waals surface area contributed by atoms with E-state index >= 15 is 0 Å². The molecule has 0 unspecified atom stereocenters. The third kappa shape index (κ3) is 5.96. The lowest BCUT2D eigenvalue weighted by atomic mass is 9.39. The summed E-state index contributed by atoms with van der Waals surface area (Å²) in [4.78, 5) is 0. The first kappa shape index (κ1) is 43.2. The molecule has 1 radical (unpaired) electrons. The smallest absolute Gasteiger partial charge is 0.139 e. The van der Waals surface area contributed by atoms with E-state index in [2.05, 4.69) is 29.3 Å². The lowest BCUT2D eigenvalue weighted by Crippen LogP contribution is -2.56. The summed E-state index contributed by atoms with van der Waals surface area (Å²) >= 11 is 0. The average Bonchev–Trinajstić information content (AvgIpc) is 3.31. The van der Waals surface area contributed by atoms with Gasteiger partial charge in [-0.3, -0.25) is 0 Å². The van der Waals surface area contributed by atoms with Gasteiger partial charge in [0.15, 0.2) is 0 Å². The van der Waals surface area contributed by atoms with E-state index in [1.165, 1.54) is 146 Å². The van der Waals surface area contributed by atoms with E-state index in [1.807, 2.05) is 22.3 Å². The molecule has 26 rings (SSSR count). The topological polar surface area (TPSA) is 9.23 Å². The van der Waals surface area contributed by atoms with Crippen LogP contribution in [0.2, 0.25) is 0 Å². The first-order valence-corrected chi connectivity index (χ1v) is 33.6. The van der Waals surface area contributed by atoms with Gasteiger partial charge in [-0.05, 0) is 388 Å². The molecule has 0 aliphatic heterocycles. The Hall–Kier alpha value is -1.76. The van der Waals surface area contributed by atoms with E-state index < -0.39 is 0 Å². The number of ether oxygens (including phenoxy) is 1. The molecule has 24 aliphatic carbocycles. The number of rotatable bonds is 8. The van der Waals surface area contributed by atoms with Crippen molar-refractivity contribution in [1.82, 2.24) is 0 Å². The van der Waals surface area contributed by atoms with Crippen LogP contribution in [0.1, 0.15) is 265 Å². The Labute approximate surface area is 441 Å². The van der Waals surface area contributed by atoms with Gasteiger partial charge < -0.3 is 4.74 Å². The molecule has 0 atom stereocenters. The Bertz CT molecular complexity index is 2470. The van der Waals surface area contributed by atoms with Crippen molar-refractivity contribution < 1.29 is 4.74 Å². The quantitative estimate of drug-likeness (QED) is 0.256. The van der Waals surface area contributed by atoms with Crippen LogP contribution in [-0.2, 0) is 32.5 Å². The van der Waals surface area contributed by atoms with Gasteiger partial charge in [0, 0.05) is 28.0 Å². The number of benzene rings is 2. The maximum absolute atomic E-state index is 8.85. The second kappa shape index (κ2) is 14.3. The van der Waals surface area contributed by atoms with Crippen molar-refractivity contribution in [3.63, 3.8) is 0 Å². The first-order chi connectivity index (χ1) is 35.6. The molecule has 24 aliphatic rings. The third-order valence-electron chi connectivity index (χ3n) is 29.9. The van der Waals surface area contributed by atoms with Crippen LogP contribution in [-0.4, -0.2) is 0 Å². The molecule has 0 spiro atoms. The molecule has 24 saturated carbocycles. The van der Waals surface area contributed by atoms with Crippen LogP contribution in [0.3, 0.4) is 0 Å². The Morgan fingerprint density at radius 1 is 0.274 bits per heavy atom. The van der Waals surface area contributed by atoms with E-state index in [-0.39, 0.29) is 5.41 Å². The third-order valence-corrected chi connectivity index (χ3v) is 29.9. The highest BCUT2D eigenvalue weighted by molar-refractivity contribution is 5.64. The van der Waals surface area contributed by atoms with Crippen LogP contribution in [0.4, 0.5) is 0 Å². The lowest BCUT2D eigenvalue weighted by Gasteiger charge is -2.65. The highest BCUT2D eigenvalue weighted by Crippen LogP contribution is 2.74. The van der Waals surface area contributed by atoms with Crippen LogP contribution in [0.25, 0.3) is 0 Å². The second-order valence-electron chi connectivity index (χ2n) is 34.9. The van der Waals surface area contributed by atoms with Gasteiger partial charge in [0.1, 0.15) is 11.5 Å². The molecule has 2 aromatic carbocycles. The minimum Gasteiger partial charge on any atom is -0.456 e. The van der Waals surface area contributed by atoms with Crippen LogP contribution in [0.5, 0.6) is 11.5 Å². The zero-order valence-electron chi connectivity index (χ0n) is 45.5. The normalized spacial score (nSPS) is 56.8. The van der Waals surface area contributed by atoms with Crippen molar-refractivity contribution in [2.45, 2.75) is 264 Å². The van der Waals surface area contributed by atoms with E-state index in [0.717, 1.165) is 107 Å². The summed E-state index contributed by atoms with van der Waals surface area (Å²) in [5, 5.41) is 0. The Balaban J connectivity index is 0.883. The molecule has 0 saturated heterocycles. The molecule has 1 nitrogen and oxygen atoms in total. The largest absolute Gasteiger partial charge is 0.456 e. The van der Waals surface area contributed by atoms with Crippen molar-refractivity contribution >= 4 is 0 Å². The second-order valence-corrected chi connectivity index (χ2v) is 34.9. The van der Waals surface area contributed by atoms with Crippen molar-refractivity contribution in [2.75, 3.05) is 0 Å². The van der Waals surface area contributed by atoms with Crippen LogP contribution < -0.4 is 4.74 Å². The van der Waals surface area contributed by atoms with E-state index in [4.69, 9.17) is 10.8 Å². The number of hydrogen-bond donors (Lipinski definition) is 0. The molecule has 387 valence electrons. The summed E-state index contributed by atoms with van der Waals surface area (Å²) in [5.41, 5.74) is 13.9. The van der Waals surface area contributed by atoms with Gasteiger partial charge in [-0.2, -0.15) is 0 Å². The Morgan fingerprint density at radius 2 is 0.534 bits per heavy atom. The molecule has 24 fully saturated rings. The van der Waals surface area contributed by atoms with Gasteiger partial charge in [-0.1, -0.05) is 12.1 Å². The van der Waals surface area contributed by atoms with Gasteiger partial charge in [-0.25, -0.2) is 0 Å². The van der Waals surface area contributed by atoms with Gasteiger partial charge in [0.2, 0.25) is 0 Å². The zero-order valence-corrected chi connectivity index (χ0v) is 45.5. The molecule has 0 amide bonds. The fourth-order valence-corrected chi connectivity index (χ4v) is 30.9. The van der Waals surface area contributed by atoms with E-state index in [1.54, 1.807) is 96.3 Å². The first-order valence-electron chi connectivity index (χ1n) is 33.6. The lowest BCUT2D eigenvalue weighted by molar-refractivity contribution is -0.0294. The maximum Gasteiger partial charge on any atom is 0.139 e. The number of hydrogen-bond acceptors (Lipinski definition) is 1. The average molecular weight is 975 g/mol. The summed E-state index contributed by atoms with van der Waals surface area (Å²) in [5.74, 6) is 20.1. The molecular formula is C72H93O. The molecule has 0 heterocycles. The van der Waals surface area contributed by atoms with Crippen LogP contribution >= 0.6 is 0 Å². The molecule has 24 bridgehead atoms. The Morgan fingerprint density at radius 3 is 0.863 bits per heavy atom. The minimum absolute atomic E-state index is 0.286. The van der Waals surface area contributed by atoms with Crippen molar-refractivity contribution in [3.8, 4) is 11.5 Å². The summed E-state index contributed by atoms with van der Waals surface area (Å²) < 4.78 is 8.85. The summed E-state index contributed by atoms with van der Waals surface area (Å²) in [6, 6.07) is 13.1. The SMILES string of the molecule is [c]1c(Oc2cccc(C34CC5CC(CC(C5)C3)C4)c2C23CC4CC(CC(C4)C2)C3)c(C23CC4CC(CC(C4)C2)C3)c(C23CC4CC(CC(C4)C2)C3)c(C23CC4CC(CC(C4)C2)C3)c1C12CC3CC(CC(C3)C1)C2. The molecule has 0 aromatic heterocycles. The van der Waals surface area contributed by atoms with Gasteiger partial charge in [0.25, 0.3) is 0 Å². The summed E-state index contributed by atoms with van der Waals surface area (Å²) in [6.07, 6.45) is 54.9. The Kier molecular flexibility index (Phi) is 8.48. The summed E-state index contributed by atoms with van der Waals surface area (Å²) in [6.45, 7) is 0. The van der Waals surface area contributed by atoms with Gasteiger partial charge >= 0.3 is 0 Å². The molecule has 2 aromatic rings. The van der Waals surface area contributed by atoms with Crippen LogP contribution in [0, 0.1) is 113 Å². The summed E-state index contributed by atoms with van der Waals surface area (Å²) in [7, 11) is 0. The maximum atomic E-state index is 8.85. The molecule has 73 heavy (non-hydrogen) atoms. The molecule has 1 heteroatoms. The van der Waals surface area contributed by atoms with Crippen molar-refractivity contribution in [1.29, 1.82) is 0 Å². The van der Waals surface area contributed by atoms with E-state index in [9.17, 15) is 0 Å². The predicted molar refractivity (Wildman–Crippen MR) is 291 cm³/mol. The van der Waals surface area contributed by atoms with Crippen molar-refractivity contribution in [3.05, 3.63) is 57.6 Å². The van der Waals surface area contributed by atoms with Gasteiger partial charge in [0.05, 0.1) is 0 Å². The molecular weight excluding hydrogens is 881 g/mol. The van der Waals surface area contributed by atoms with Crippen LogP contribution in [0.15, 0.2) is 18.2 Å². The predicted octanol–water partition coefficient (Wildman–Crippen LogP) is 18.1. The van der Waals surface area contributed by atoms with Gasteiger partial charge in [-0.15, -0.1) is 0 Å². The standard InChI is InChI=1S/C72H93O/c1-2-59(67-23-41-4-42(24-67)6-43(5-41)25-67)63(69-29-47-10-48(30-69)12-49(11-47)31-69)61(3-1)73-62-22-60(68-26-44-7-45(27-68)9-46(8-44)28-68)64(70-32-50-13-51(33-70)15-52(14-50)34-70)66(72-38-56-19-57(39-72)21-58(20-56)40-72)65(62)71-35-53-16-54(36-71)18-55(17-53)37-71/h1-3,41-58H,4-21,23-40H2. The van der Waals surface area contributed by atoms with E-state index in [0.29, 0.717) is 27.1 Å². The highest BCUT2D eigenvalue weighted by atomic mass is 16.5.